The monoisotopic (exact) mass is 549 g/mol. The van der Waals surface area contributed by atoms with Gasteiger partial charge in [0, 0.05) is 23.7 Å². The quantitative estimate of drug-likeness (QED) is 0.384. The van der Waals surface area contributed by atoms with Crippen LogP contribution in [0.5, 0.6) is 0 Å². The summed E-state index contributed by atoms with van der Waals surface area (Å²) in [6, 6.07) is 16.5. The number of nitrogens with two attached hydrogens (primary N) is 1. The number of halogens is 3. The van der Waals surface area contributed by atoms with E-state index in [1.807, 2.05) is 32.0 Å². The molecule has 2 aromatic carbocycles. The van der Waals surface area contributed by atoms with Crippen molar-refractivity contribution < 1.29 is 14.0 Å². The molecule has 37 heavy (non-hydrogen) atoms. The molecule has 7 nitrogen and oxygen atoms in total. The molecule has 1 aliphatic rings. The second-order valence-corrected chi connectivity index (χ2v) is 9.07. The summed E-state index contributed by atoms with van der Waals surface area (Å²) in [4.78, 5) is 30.3. The van der Waals surface area contributed by atoms with Gasteiger partial charge in [-0.1, -0.05) is 49.4 Å². The maximum Gasteiger partial charge on any atom is 0.349 e. The number of aromatic nitrogens is 2. The van der Waals surface area contributed by atoms with Gasteiger partial charge in [0.1, 0.15) is 11.9 Å². The number of nitrogens with zero attached hydrogens (tertiary/aromatic N) is 4. The van der Waals surface area contributed by atoms with Gasteiger partial charge >= 0.3 is 5.97 Å². The van der Waals surface area contributed by atoms with Crippen molar-refractivity contribution in [3.8, 4) is 0 Å². The highest BCUT2D eigenvalue weighted by atomic mass is 35.5. The van der Waals surface area contributed by atoms with Gasteiger partial charge in [-0.25, -0.2) is 9.78 Å². The molecule has 4 rings (SSSR count). The molecular weight excluding hydrogens is 516 g/mol. The van der Waals surface area contributed by atoms with Crippen molar-refractivity contribution >= 4 is 48.2 Å². The first-order valence-corrected chi connectivity index (χ1v) is 11.9. The van der Waals surface area contributed by atoms with Gasteiger partial charge in [0.05, 0.1) is 18.4 Å². The number of para-hydroxylation sites is 1. The first-order valence-electron chi connectivity index (χ1n) is 11.9. The maximum atomic E-state index is 13.1. The van der Waals surface area contributed by atoms with Crippen LogP contribution < -0.4 is 15.7 Å². The molecule has 2 heterocycles. The van der Waals surface area contributed by atoms with Crippen LogP contribution in [-0.4, -0.2) is 35.2 Å². The number of alkyl halides is 1. The fourth-order valence-electron chi connectivity index (χ4n) is 4.28. The number of rotatable bonds is 7. The molecule has 0 saturated heterocycles. The van der Waals surface area contributed by atoms with Gasteiger partial charge in [0.2, 0.25) is 0 Å². The van der Waals surface area contributed by atoms with Crippen molar-refractivity contribution in [1.29, 1.82) is 0 Å². The van der Waals surface area contributed by atoms with E-state index in [1.165, 1.54) is 16.2 Å². The third kappa shape index (κ3) is 6.32. The molecule has 0 spiro atoms. The Morgan fingerprint density at radius 2 is 1.78 bits per heavy atom. The number of aryl methyl sites for hydroxylation is 1. The average Bonchev–Trinajstić information content (AvgIpc) is 2.89. The van der Waals surface area contributed by atoms with Crippen LogP contribution >= 0.6 is 24.8 Å². The fraction of sp³-hybridized carbons (Fsp3) is 0.370. The van der Waals surface area contributed by atoms with Crippen molar-refractivity contribution in [3.05, 3.63) is 77.0 Å². The summed E-state index contributed by atoms with van der Waals surface area (Å²) in [7, 11) is 0. The molecule has 10 heteroatoms. The van der Waals surface area contributed by atoms with Crippen molar-refractivity contribution in [1.82, 2.24) is 9.97 Å². The highest BCUT2D eigenvalue weighted by Crippen LogP contribution is 2.36. The zero-order valence-corrected chi connectivity index (χ0v) is 23.1. The minimum absolute atomic E-state index is 0. The van der Waals surface area contributed by atoms with Crippen LogP contribution in [0.3, 0.4) is 0 Å². The van der Waals surface area contributed by atoms with Crippen LogP contribution in [0.1, 0.15) is 42.3 Å². The summed E-state index contributed by atoms with van der Waals surface area (Å²) in [5.74, 6) is -0.421. The molecule has 0 fully saturated rings. The Labute approximate surface area is 230 Å². The fourth-order valence-corrected chi connectivity index (χ4v) is 4.28. The second kappa shape index (κ2) is 13.0. The minimum atomic E-state index is -1.11. The van der Waals surface area contributed by atoms with Crippen molar-refractivity contribution in [2.24, 2.45) is 11.7 Å². The van der Waals surface area contributed by atoms with E-state index in [9.17, 15) is 9.18 Å². The Bertz CT molecular complexity index is 1200. The van der Waals surface area contributed by atoms with Crippen LogP contribution in [0.2, 0.25) is 0 Å². The molecule has 0 bridgehead atoms. The molecule has 3 aromatic rings. The molecule has 0 saturated carbocycles. The maximum absolute atomic E-state index is 13.1. The van der Waals surface area contributed by atoms with Gasteiger partial charge < -0.3 is 15.5 Å². The lowest BCUT2D eigenvalue weighted by molar-refractivity contribution is -0.146. The summed E-state index contributed by atoms with van der Waals surface area (Å²) < 4.78 is 13.1. The van der Waals surface area contributed by atoms with Gasteiger partial charge in [-0.3, -0.25) is 4.39 Å². The molecule has 2 N–H and O–H groups in total. The summed E-state index contributed by atoms with van der Waals surface area (Å²) in [6.45, 7) is 7.73. The molecule has 0 aliphatic carbocycles. The number of benzene rings is 2. The van der Waals surface area contributed by atoms with E-state index in [1.54, 1.807) is 19.1 Å². The standard InChI is InChI=1S/C27H32FN5O2.2ClH/c1-17(16-28)24(29)26(34)35-33(22-11-6-5-7-12-22)27-30-19(3)18(2)25(31-27)32-15-14-21-10-8-9-13-23(21)20(32)4;;/h5-13,17,20,24H,14-16,29H2,1-4H3;2*1H/t17?,20?,24-;;/m0../s1. The van der Waals surface area contributed by atoms with Gasteiger partial charge in [0.25, 0.3) is 5.95 Å². The Morgan fingerprint density at radius 1 is 1.14 bits per heavy atom. The smallest absolute Gasteiger partial charge is 0.349 e. The van der Waals surface area contributed by atoms with Gasteiger partial charge in [-0.05, 0) is 50.5 Å². The lowest BCUT2D eigenvalue weighted by Crippen LogP contribution is -2.42. The van der Waals surface area contributed by atoms with Crippen molar-refractivity contribution in [2.45, 2.75) is 46.2 Å². The number of hydrogen-bond acceptors (Lipinski definition) is 7. The number of hydrogen-bond donors (Lipinski definition) is 1. The third-order valence-electron chi connectivity index (χ3n) is 6.70. The van der Waals surface area contributed by atoms with E-state index < -0.39 is 24.6 Å². The zero-order chi connectivity index (χ0) is 25.1. The molecule has 1 aromatic heterocycles. The van der Waals surface area contributed by atoms with Gasteiger partial charge in [-0.15, -0.1) is 29.9 Å². The average molecular weight is 551 g/mol. The van der Waals surface area contributed by atoms with Crippen LogP contribution in [0, 0.1) is 19.8 Å². The van der Waals surface area contributed by atoms with Gasteiger partial charge in [0.15, 0.2) is 0 Å². The number of carbonyl (C=O) groups excluding carboxylic acids is 1. The molecule has 1 aliphatic heterocycles. The Kier molecular flexibility index (Phi) is 10.7. The molecular formula is C27H34Cl2FN5O2. The van der Waals surface area contributed by atoms with E-state index in [4.69, 9.17) is 15.6 Å². The highest BCUT2D eigenvalue weighted by Gasteiger charge is 2.30. The minimum Gasteiger partial charge on any atom is -0.349 e. The van der Waals surface area contributed by atoms with Gasteiger partial charge in [-0.2, -0.15) is 4.98 Å². The summed E-state index contributed by atoms with van der Waals surface area (Å²) >= 11 is 0. The van der Waals surface area contributed by atoms with Crippen LogP contribution in [-0.2, 0) is 16.1 Å². The van der Waals surface area contributed by atoms with E-state index in [2.05, 4.69) is 41.1 Å². The lowest BCUT2D eigenvalue weighted by atomic mass is 9.93. The van der Waals surface area contributed by atoms with Crippen LogP contribution in [0.4, 0.5) is 21.8 Å². The van der Waals surface area contributed by atoms with Crippen molar-refractivity contribution in [3.63, 3.8) is 0 Å². The first-order chi connectivity index (χ1) is 16.8. The van der Waals surface area contributed by atoms with Crippen LogP contribution in [0.25, 0.3) is 0 Å². The normalized spacial score (nSPS) is 15.9. The first kappa shape index (κ1) is 30.3. The number of anilines is 3. The number of carbonyl (C=O) groups is 1. The zero-order valence-electron chi connectivity index (χ0n) is 21.4. The Balaban J connectivity index is 0.00000241. The second-order valence-electron chi connectivity index (χ2n) is 9.07. The number of fused-ring (bicyclic) bond motifs is 1. The predicted octanol–water partition coefficient (Wildman–Crippen LogP) is 5.59. The third-order valence-corrected chi connectivity index (χ3v) is 6.70. The molecule has 3 atom stereocenters. The van der Waals surface area contributed by atoms with Crippen LogP contribution in [0.15, 0.2) is 54.6 Å². The largest absolute Gasteiger partial charge is 0.349 e. The Hall–Kier alpha value is -2.94. The Morgan fingerprint density at radius 3 is 2.46 bits per heavy atom. The predicted molar refractivity (Wildman–Crippen MR) is 150 cm³/mol. The molecule has 0 amide bonds. The van der Waals surface area contributed by atoms with E-state index in [-0.39, 0.29) is 36.8 Å². The molecule has 200 valence electrons. The molecule has 2 unspecified atom stereocenters. The van der Waals surface area contributed by atoms with E-state index in [0.29, 0.717) is 5.69 Å². The molecule has 0 radical (unpaired) electrons. The van der Waals surface area contributed by atoms with E-state index >= 15 is 0 Å². The summed E-state index contributed by atoms with van der Waals surface area (Å²) in [5, 5.41) is 1.28. The topological polar surface area (TPSA) is 84.6 Å². The highest BCUT2D eigenvalue weighted by molar-refractivity contribution is 5.85. The summed E-state index contributed by atoms with van der Waals surface area (Å²) in [5.41, 5.74) is 10.9. The lowest BCUT2D eigenvalue weighted by Gasteiger charge is -2.37. The van der Waals surface area contributed by atoms with E-state index in [0.717, 1.165) is 30.0 Å². The summed E-state index contributed by atoms with van der Waals surface area (Å²) in [6.07, 6.45) is 0.908. The van der Waals surface area contributed by atoms with Crippen molar-refractivity contribution in [2.75, 3.05) is 23.2 Å². The SMILES string of the molecule is Cc1nc(N(OC(=O)[C@@H](N)C(C)CF)c2ccccc2)nc(N2CCc3ccccc3C2C)c1C.Cl.Cl.